The number of rotatable bonds is 2. The fourth-order valence-electron chi connectivity index (χ4n) is 1.64. The molecule has 0 aromatic heterocycles. The average Bonchev–Trinajstić information content (AvgIpc) is 2.14. The van der Waals surface area contributed by atoms with E-state index in [-0.39, 0.29) is 5.41 Å². The minimum atomic E-state index is 0.240. The maximum atomic E-state index is 6.06. The van der Waals surface area contributed by atoms with Gasteiger partial charge in [-0.25, -0.2) is 0 Å². The number of halogens is 1. The Bertz CT molecular complexity index is 369. The van der Waals surface area contributed by atoms with Crippen LogP contribution in [0.4, 0.5) is 11.4 Å². The van der Waals surface area contributed by atoms with E-state index in [2.05, 4.69) is 74.4 Å². The zero-order valence-electron chi connectivity index (χ0n) is 10.7. The van der Waals surface area contributed by atoms with Crippen molar-refractivity contribution in [3.63, 3.8) is 0 Å². The normalized spacial score (nSPS) is 13.6. The summed E-state index contributed by atoms with van der Waals surface area (Å²) < 4.78 is 1.18. The molecule has 0 saturated heterocycles. The second kappa shape index (κ2) is 4.82. The van der Waals surface area contributed by atoms with E-state index in [1.165, 1.54) is 3.57 Å². The summed E-state index contributed by atoms with van der Waals surface area (Å²) in [7, 11) is 2.11. The number of nitrogens with two attached hydrogens (primary N) is 1. The number of nitrogens with zero attached hydrogens (tertiary/aromatic N) is 1. The predicted molar refractivity (Wildman–Crippen MR) is 80.9 cm³/mol. The zero-order chi connectivity index (χ0) is 12.5. The first-order chi connectivity index (χ1) is 7.23. The quantitative estimate of drug-likeness (QED) is 0.660. The fourth-order valence-corrected chi connectivity index (χ4v) is 2.15. The van der Waals surface area contributed by atoms with Crippen LogP contribution in [0.2, 0.25) is 0 Å². The van der Waals surface area contributed by atoms with Crippen molar-refractivity contribution in [1.29, 1.82) is 0 Å². The van der Waals surface area contributed by atoms with Gasteiger partial charge in [0.1, 0.15) is 0 Å². The Hall–Kier alpha value is -0.450. The molecule has 0 saturated carbocycles. The highest BCUT2D eigenvalue weighted by molar-refractivity contribution is 14.1. The minimum absolute atomic E-state index is 0.240. The second-order valence-corrected chi connectivity index (χ2v) is 6.60. The highest BCUT2D eigenvalue weighted by atomic mass is 127. The van der Waals surface area contributed by atoms with E-state index in [0.29, 0.717) is 6.04 Å². The molecule has 1 aromatic rings. The van der Waals surface area contributed by atoms with Crippen molar-refractivity contribution in [2.24, 2.45) is 5.41 Å². The van der Waals surface area contributed by atoms with Crippen LogP contribution in [0, 0.1) is 8.99 Å². The molecule has 0 aliphatic heterocycles. The van der Waals surface area contributed by atoms with E-state index in [9.17, 15) is 0 Å². The number of hydrogen-bond acceptors (Lipinski definition) is 2. The number of hydrogen-bond donors (Lipinski definition) is 1. The Labute approximate surface area is 112 Å². The van der Waals surface area contributed by atoms with Crippen LogP contribution in [0.3, 0.4) is 0 Å². The lowest BCUT2D eigenvalue weighted by Gasteiger charge is -2.37. The van der Waals surface area contributed by atoms with Crippen molar-refractivity contribution < 1.29 is 0 Å². The van der Waals surface area contributed by atoms with Gasteiger partial charge in [-0.15, -0.1) is 0 Å². The highest BCUT2D eigenvalue weighted by Crippen LogP contribution is 2.31. The van der Waals surface area contributed by atoms with E-state index in [1.807, 2.05) is 6.07 Å². The molecule has 0 aliphatic carbocycles. The Kier molecular flexibility index (Phi) is 4.10. The third-order valence-electron chi connectivity index (χ3n) is 3.20. The maximum Gasteiger partial charge on any atom is 0.0600 e. The van der Waals surface area contributed by atoms with Gasteiger partial charge in [-0.05, 0) is 53.1 Å². The van der Waals surface area contributed by atoms with Crippen LogP contribution in [-0.2, 0) is 0 Å². The Balaban J connectivity index is 3.01. The van der Waals surface area contributed by atoms with Crippen LogP contribution < -0.4 is 10.6 Å². The monoisotopic (exact) mass is 332 g/mol. The molecule has 0 fully saturated rings. The van der Waals surface area contributed by atoms with Gasteiger partial charge >= 0.3 is 0 Å². The molecule has 0 heterocycles. The topological polar surface area (TPSA) is 29.3 Å². The lowest BCUT2D eigenvalue weighted by atomic mass is 9.87. The van der Waals surface area contributed by atoms with Gasteiger partial charge in [0.25, 0.3) is 0 Å². The molecule has 1 aromatic carbocycles. The molecule has 2 N–H and O–H groups in total. The molecule has 0 amide bonds. The van der Waals surface area contributed by atoms with E-state index < -0.39 is 0 Å². The van der Waals surface area contributed by atoms with E-state index in [1.54, 1.807) is 0 Å². The Morgan fingerprint density at radius 3 is 2.31 bits per heavy atom. The first kappa shape index (κ1) is 13.6. The molecule has 90 valence electrons. The maximum absolute atomic E-state index is 6.06. The van der Waals surface area contributed by atoms with Gasteiger partial charge in [-0.3, -0.25) is 0 Å². The summed E-state index contributed by atoms with van der Waals surface area (Å²) in [5.74, 6) is 0. The van der Waals surface area contributed by atoms with E-state index >= 15 is 0 Å². The SMILES string of the molecule is CC(N(C)c1ccc(I)cc1N)C(C)(C)C. The van der Waals surface area contributed by atoms with E-state index in [4.69, 9.17) is 5.73 Å². The number of benzene rings is 1. The van der Waals surface area contributed by atoms with Crippen molar-refractivity contribution in [3.8, 4) is 0 Å². The van der Waals surface area contributed by atoms with Gasteiger partial charge in [0.05, 0.1) is 11.4 Å². The molecule has 0 spiro atoms. The smallest absolute Gasteiger partial charge is 0.0600 e. The van der Waals surface area contributed by atoms with Crippen molar-refractivity contribution >= 4 is 34.0 Å². The molecule has 1 unspecified atom stereocenters. The largest absolute Gasteiger partial charge is 0.397 e. The van der Waals surface area contributed by atoms with Gasteiger partial charge in [0, 0.05) is 16.7 Å². The lowest BCUT2D eigenvalue weighted by molar-refractivity contribution is 0.330. The minimum Gasteiger partial charge on any atom is -0.397 e. The summed E-state index contributed by atoms with van der Waals surface area (Å²) in [6, 6.07) is 6.65. The molecular formula is C13H21IN2. The zero-order valence-corrected chi connectivity index (χ0v) is 12.9. The van der Waals surface area contributed by atoms with Crippen LogP contribution in [0.5, 0.6) is 0 Å². The Morgan fingerprint density at radius 2 is 1.88 bits per heavy atom. The third-order valence-corrected chi connectivity index (χ3v) is 3.87. The fraction of sp³-hybridized carbons (Fsp3) is 0.538. The van der Waals surface area contributed by atoms with Crippen molar-refractivity contribution in [1.82, 2.24) is 0 Å². The molecule has 1 rings (SSSR count). The number of anilines is 2. The molecule has 1 atom stereocenters. The molecule has 2 nitrogen and oxygen atoms in total. The van der Waals surface area contributed by atoms with E-state index in [0.717, 1.165) is 11.4 Å². The molecular weight excluding hydrogens is 311 g/mol. The highest BCUT2D eigenvalue weighted by Gasteiger charge is 2.24. The molecule has 0 aliphatic rings. The van der Waals surface area contributed by atoms with Crippen molar-refractivity contribution in [3.05, 3.63) is 21.8 Å². The van der Waals surface area contributed by atoms with Gasteiger partial charge in [-0.2, -0.15) is 0 Å². The first-order valence-electron chi connectivity index (χ1n) is 5.51. The Morgan fingerprint density at radius 1 is 1.31 bits per heavy atom. The summed E-state index contributed by atoms with van der Waals surface area (Å²) in [6.07, 6.45) is 0. The molecule has 16 heavy (non-hydrogen) atoms. The lowest BCUT2D eigenvalue weighted by Crippen LogP contribution is -2.39. The predicted octanol–water partition coefficient (Wildman–Crippen LogP) is 3.74. The van der Waals surface area contributed by atoms with Crippen LogP contribution in [-0.4, -0.2) is 13.1 Å². The molecule has 0 radical (unpaired) electrons. The van der Waals surface area contributed by atoms with Gasteiger partial charge in [0.15, 0.2) is 0 Å². The molecule has 0 bridgehead atoms. The first-order valence-corrected chi connectivity index (χ1v) is 6.59. The summed E-state index contributed by atoms with van der Waals surface area (Å²) in [5.41, 5.74) is 8.26. The average molecular weight is 332 g/mol. The standard InChI is InChI=1S/C13H21IN2/c1-9(13(2,3)4)16(5)12-7-6-10(14)8-11(12)15/h6-9H,15H2,1-5H3. The third kappa shape index (κ3) is 3.03. The van der Waals surface area contributed by atoms with Crippen LogP contribution in [0.1, 0.15) is 27.7 Å². The van der Waals surface area contributed by atoms with Crippen LogP contribution in [0.25, 0.3) is 0 Å². The van der Waals surface area contributed by atoms with Crippen LogP contribution in [0.15, 0.2) is 18.2 Å². The summed E-state index contributed by atoms with van der Waals surface area (Å²) in [6.45, 7) is 8.97. The van der Waals surface area contributed by atoms with Gasteiger partial charge in [0.2, 0.25) is 0 Å². The van der Waals surface area contributed by atoms with Crippen LogP contribution >= 0.6 is 22.6 Å². The summed E-state index contributed by atoms with van der Waals surface area (Å²) >= 11 is 2.28. The summed E-state index contributed by atoms with van der Waals surface area (Å²) in [4.78, 5) is 2.26. The molecule has 3 heteroatoms. The summed E-state index contributed by atoms with van der Waals surface area (Å²) in [5, 5.41) is 0. The second-order valence-electron chi connectivity index (χ2n) is 5.36. The van der Waals surface area contributed by atoms with Gasteiger partial charge < -0.3 is 10.6 Å². The van der Waals surface area contributed by atoms with Crippen molar-refractivity contribution in [2.75, 3.05) is 17.7 Å². The van der Waals surface area contributed by atoms with Gasteiger partial charge in [-0.1, -0.05) is 20.8 Å². The number of nitrogen functional groups attached to an aromatic ring is 1. The van der Waals surface area contributed by atoms with Crippen molar-refractivity contribution in [2.45, 2.75) is 33.7 Å².